The molecule has 3 unspecified atom stereocenters. The normalized spacial score (nSPS) is 23.9. The lowest BCUT2D eigenvalue weighted by Gasteiger charge is -2.40. The van der Waals surface area contributed by atoms with Gasteiger partial charge in [-0.15, -0.1) is 0 Å². The van der Waals surface area contributed by atoms with E-state index in [0.717, 1.165) is 32.7 Å². The maximum absolute atomic E-state index is 12.5. The summed E-state index contributed by atoms with van der Waals surface area (Å²) in [7, 11) is 1.79. The summed E-state index contributed by atoms with van der Waals surface area (Å²) in [5.41, 5.74) is 1.24. The molecule has 3 aliphatic rings. The van der Waals surface area contributed by atoms with Gasteiger partial charge in [0, 0.05) is 45.5 Å². The summed E-state index contributed by atoms with van der Waals surface area (Å²) >= 11 is 0. The summed E-state index contributed by atoms with van der Waals surface area (Å²) in [5, 5.41) is 25.5. The molecule has 3 atom stereocenters. The van der Waals surface area contributed by atoms with Crippen molar-refractivity contribution < 1.29 is 41.0 Å². The first-order chi connectivity index (χ1) is 20.7. The van der Waals surface area contributed by atoms with Crippen LogP contribution >= 0.6 is 0 Å². The van der Waals surface area contributed by atoms with E-state index in [9.17, 15) is 26.3 Å². The zero-order chi connectivity index (χ0) is 32.0. The second-order valence-corrected chi connectivity index (χ2v) is 10.1. The average molecular weight is 637 g/mol. The molecule has 5 rings (SSSR count). The molecule has 2 aromatic heterocycles. The molecule has 242 valence electrons. The lowest BCUT2D eigenvalue weighted by Crippen LogP contribution is -2.61. The summed E-state index contributed by atoms with van der Waals surface area (Å²) < 4.78 is 74.2. The molecular formula is C24H32F6N11O3+. The summed E-state index contributed by atoms with van der Waals surface area (Å²) in [6.45, 7) is 4.02. The number of carbonyl (C=O) groups is 1. The predicted octanol–water partition coefficient (Wildman–Crippen LogP) is 0.972. The van der Waals surface area contributed by atoms with E-state index in [1.54, 1.807) is 25.5 Å². The number of carboxylic acid groups (broad SMARTS) is 1. The first-order valence-corrected chi connectivity index (χ1v) is 13.5. The van der Waals surface area contributed by atoms with Gasteiger partial charge in [-0.05, 0) is 6.07 Å². The second kappa shape index (κ2) is 14.0. The third-order valence-electron chi connectivity index (χ3n) is 6.84. The molecule has 5 N–H and O–H groups in total. The number of hydrogen-bond acceptors (Lipinski definition) is 12. The smallest absolute Gasteiger partial charge is 0.475 e. The molecule has 0 spiro atoms. The lowest BCUT2D eigenvalue weighted by molar-refractivity contribution is -0.192. The van der Waals surface area contributed by atoms with Gasteiger partial charge in [-0.25, -0.2) is 24.7 Å². The number of rotatable bonds is 8. The Morgan fingerprint density at radius 1 is 1.16 bits per heavy atom. The number of piperazine rings is 2. The maximum atomic E-state index is 12.5. The Hall–Kier alpha value is -3.56. The molecule has 2 aromatic rings. The van der Waals surface area contributed by atoms with E-state index in [2.05, 4.69) is 41.2 Å². The fourth-order valence-electron chi connectivity index (χ4n) is 4.73. The summed E-state index contributed by atoms with van der Waals surface area (Å²) in [5.74, 6) is -1.15. The predicted molar refractivity (Wildman–Crippen MR) is 145 cm³/mol. The van der Waals surface area contributed by atoms with Gasteiger partial charge in [0.15, 0.2) is 5.69 Å². The molecule has 0 aromatic carbocycles. The standard InChI is InChI=1S/C22H31F3N11O.C2HF3O2/c1-36(8-9-37-13-22(23,24)25)19-15(11-30-36)32-20(34-21(19)33-17-2-3-27-14-29-17)16-10-28-12-18(31-16)35-6-4-26-5-7-35;3-2(4,5)1(6)7/h2-3,11,14,16,18,26,28,31H,4-10,12-13H2,1H3,(H,27,29,32,33,34);(H,6,7)/q+1;. The SMILES string of the molecule is C[N+]1(CCOCC(F)(F)F)N=Cc2nc(C3CNCC(N4CCNCC4)N3)nc(Nc3ccncn3)c21.O=C(O)C(F)(F)F. The Morgan fingerprint density at radius 3 is 2.52 bits per heavy atom. The first kappa shape index (κ1) is 33.3. The average Bonchev–Trinajstić information content (AvgIpc) is 3.32. The number of ether oxygens (including phenoxy) is 1. The molecule has 14 nitrogen and oxygen atoms in total. The summed E-state index contributed by atoms with van der Waals surface area (Å²) in [6, 6.07) is 1.56. The molecular weight excluding hydrogens is 604 g/mol. The highest BCUT2D eigenvalue weighted by molar-refractivity contribution is 5.93. The highest BCUT2D eigenvalue weighted by Crippen LogP contribution is 2.38. The van der Waals surface area contributed by atoms with Crippen LogP contribution in [0.2, 0.25) is 0 Å². The zero-order valence-electron chi connectivity index (χ0n) is 23.5. The van der Waals surface area contributed by atoms with Gasteiger partial charge < -0.3 is 25.8 Å². The number of hydrogen-bond donors (Lipinski definition) is 5. The number of aromatic nitrogens is 4. The zero-order valence-corrected chi connectivity index (χ0v) is 23.5. The van der Waals surface area contributed by atoms with Crippen LogP contribution in [0.5, 0.6) is 0 Å². The maximum Gasteiger partial charge on any atom is 0.490 e. The van der Waals surface area contributed by atoms with Crippen molar-refractivity contribution in [3.8, 4) is 0 Å². The molecule has 5 heterocycles. The molecule has 20 heteroatoms. The number of nitrogens with one attached hydrogen (secondary N) is 4. The van der Waals surface area contributed by atoms with Crippen molar-refractivity contribution in [1.29, 1.82) is 0 Å². The molecule has 0 saturated carbocycles. The van der Waals surface area contributed by atoms with Crippen molar-refractivity contribution in [3.05, 3.63) is 30.1 Å². The van der Waals surface area contributed by atoms with E-state index in [1.165, 1.54) is 6.33 Å². The van der Waals surface area contributed by atoms with Crippen molar-refractivity contribution in [3.63, 3.8) is 0 Å². The highest BCUT2D eigenvalue weighted by atomic mass is 19.4. The number of anilines is 2. The van der Waals surface area contributed by atoms with Gasteiger partial charge in [-0.2, -0.15) is 30.9 Å². The minimum atomic E-state index is -5.08. The van der Waals surface area contributed by atoms with Gasteiger partial charge in [-0.1, -0.05) is 5.10 Å². The first-order valence-electron chi connectivity index (χ1n) is 13.5. The number of likely N-dealkylation sites (N-methyl/N-ethyl adjacent to an activating group) is 1. The molecule has 44 heavy (non-hydrogen) atoms. The fourth-order valence-corrected chi connectivity index (χ4v) is 4.73. The van der Waals surface area contributed by atoms with E-state index in [4.69, 9.17) is 24.6 Å². The topological polar surface area (TPSA) is 162 Å². The highest BCUT2D eigenvalue weighted by Gasteiger charge is 2.40. The van der Waals surface area contributed by atoms with Crippen molar-refractivity contribution in [2.75, 3.05) is 71.4 Å². The number of carboxylic acids is 1. The Bertz CT molecular complexity index is 1300. The van der Waals surface area contributed by atoms with Crippen LogP contribution in [-0.2, 0) is 9.53 Å². The van der Waals surface area contributed by atoms with Crippen LogP contribution < -0.4 is 25.9 Å². The summed E-state index contributed by atoms with van der Waals surface area (Å²) in [4.78, 5) is 29.2. The molecule has 3 aliphatic heterocycles. The third kappa shape index (κ3) is 8.99. The molecule has 0 bridgehead atoms. The lowest BCUT2D eigenvalue weighted by atomic mass is 10.1. The Balaban J connectivity index is 0.000000566. The van der Waals surface area contributed by atoms with Crippen LogP contribution in [0.15, 0.2) is 23.7 Å². The molecule has 2 saturated heterocycles. The molecule has 0 radical (unpaired) electrons. The van der Waals surface area contributed by atoms with Crippen LogP contribution in [0.4, 0.5) is 43.7 Å². The third-order valence-corrected chi connectivity index (χ3v) is 6.84. The van der Waals surface area contributed by atoms with Gasteiger partial charge in [0.1, 0.15) is 37.3 Å². The Labute approximate surface area is 247 Å². The number of alkyl halides is 6. The van der Waals surface area contributed by atoms with Crippen molar-refractivity contribution in [1.82, 2.24) is 45.4 Å². The summed E-state index contributed by atoms with van der Waals surface area (Å²) in [6.07, 6.45) is -4.65. The van der Waals surface area contributed by atoms with Gasteiger partial charge >= 0.3 is 18.3 Å². The van der Waals surface area contributed by atoms with Gasteiger partial charge in [0.2, 0.25) is 11.5 Å². The number of nitrogens with zero attached hydrogens (tertiary/aromatic N) is 7. The van der Waals surface area contributed by atoms with E-state index < -0.39 is 24.9 Å². The van der Waals surface area contributed by atoms with Crippen LogP contribution in [-0.4, -0.2) is 127 Å². The fraction of sp³-hybridized carbons (Fsp3) is 0.583. The number of quaternary nitrogens is 1. The van der Waals surface area contributed by atoms with Crippen molar-refractivity contribution in [2.45, 2.75) is 24.6 Å². The van der Waals surface area contributed by atoms with E-state index in [0.29, 0.717) is 35.4 Å². The van der Waals surface area contributed by atoms with Crippen LogP contribution in [0.1, 0.15) is 17.6 Å². The monoisotopic (exact) mass is 636 g/mol. The minimum Gasteiger partial charge on any atom is -0.475 e. The van der Waals surface area contributed by atoms with Crippen LogP contribution in [0.25, 0.3) is 0 Å². The van der Waals surface area contributed by atoms with Crippen LogP contribution in [0.3, 0.4) is 0 Å². The molecule has 0 amide bonds. The molecule has 0 aliphatic carbocycles. The van der Waals surface area contributed by atoms with Gasteiger partial charge in [0.25, 0.3) is 0 Å². The molecule has 2 fully saturated rings. The largest absolute Gasteiger partial charge is 0.490 e. The van der Waals surface area contributed by atoms with Crippen LogP contribution in [0, 0.1) is 0 Å². The van der Waals surface area contributed by atoms with E-state index in [1.807, 2.05) is 0 Å². The minimum absolute atomic E-state index is 0.0549. The Morgan fingerprint density at radius 2 is 1.89 bits per heavy atom. The van der Waals surface area contributed by atoms with Gasteiger partial charge in [0.05, 0.1) is 25.9 Å². The van der Waals surface area contributed by atoms with E-state index >= 15 is 0 Å². The van der Waals surface area contributed by atoms with Crippen molar-refractivity contribution in [2.24, 2.45) is 5.10 Å². The number of halogens is 6. The van der Waals surface area contributed by atoms with Crippen molar-refractivity contribution >= 4 is 29.5 Å². The Kier molecular flexibility index (Phi) is 10.6. The quantitative estimate of drug-likeness (QED) is 0.159. The number of aliphatic carboxylic acids is 1. The second-order valence-electron chi connectivity index (χ2n) is 10.1. The van der Waals surface area contributed by atoms with E-state index in [-0.39, 0.29) is 30.0 Å². The number of fused-ring (bicyclic) bond motifs is 1. The van der Waals surface area contributed by atoms with Gasteiger partial charge in [-0.3, -0.25) is 10.2 Å².